The van der Waals surface area contributed by atoms with Crippen molar-refractivity contribution in [1.29, 1.82) is 0 Å². The molecule has 0 saturated carbocycles. The minimum Gasteiger partial charge on any atom is -0.890 e. The summed E-state index contributed by atoms with van der Waals surface area (Å²) in [5, 5.41) is 33.8. The molecule has 0 N–H and O–H groups in total. The Kier molecular flexibility index (Phi) is 15.0. The summed E-state index contributed by atoms with van der Waals surface area (Å²) in [7, 11) is 0. The van der Waals surface area contributed by atoms with Gasteiger partial charge in [-0.25, -0.2) is 0 Å². The van der Waals surface area contributed by atoms with E-state index in [4.69, 9.17) is 20.4 Å². The van der Waals surface area contributed by atoms with Crippen molar-refractivity contribution in [2.75, 3.05) is 0 Å². The van der Waals surface area contributed by atoms with Gasteiger partial charge >= 0.3 is 75.5 Å². The standard InChI is InChI=1S/CO4.2Ca/c2-1(3,4)5;;/q-4;2*+2. The molecule has 0 aliphatic heterocycles. The van der Waals surface area contributed by atoms with Gasteiger partial charge in [-0.15, -0.1) is 0 Å². The maximum atomic E-state index is 8.44. The Bertz CT molecular complexity index is 25.2. The number of hydrogen-bond donors (Lipinski definition) is 0. The topological polar surface area (TPSA) is 92.2 Å². The van der Waals surface area contributed by atoms with Gasteiger partial charge in [0, 0.05) is 0 Å². The van der Waals surface area contributed by atoms with Gasteiger partial charge in [-0.2, -0.15) is 0 Å². The van der Waals surface area contributed by atoms with Crippen LogP contribution < -0.4 is 20.4 Å². The maximum Gasteiger partial charge on any atom is 2.00 e. The van der Waals surface area contributed by atoms with Crippen LogP contribution in [-0.4, -0.2) is 81.6 Å². The van der Waals surface area contributed by atoms with Crippen LogP contribution in [0.4, 0.5) is 0 Å². The van der Waals surface area contributed by atoms with E-state index >= 15 is 0 Å². The van der Waals surface area contributed by atoms with Gasteiger partial charge in [-0.3, -0.25) is 0 Å². The Morgan fingerprint density at radius 2 is 0.714 bits per heavy atom. The molecule has 7 heavy (non-hydrogen) atoms. The first kappa shape index (κ1) is 16.2. The second-order valence-electron chi connectivity index (χ2n) is 0.500. The summed E-state index contributed by atoms with van der Waals surface area (Å²) in [6.07, 6.45) is -4.50. The molecule has 0 unspecified atom stereocenters. The van der Waals surface area contributed by atoms with Crippen LogP contribution in [0.5, 0.6) is 0 Å². The fourth-order valence-electron chi connectivity index (χ4n) is 0. The second kappa shape index (κ2) is 6.48. The van der Waals surface area contributed by atoms with Gasteiger partial charge < -0.3 is 26.6 Å². The molecule has 0 amide bonds. The van der Waals surface area contributed by atoms with E-state index in [2.05, 4.69) is 0 Å². The molecule has 0 aliphatic carbocycles. The molecule has 0 bridgehead atoms. The first-order valence-corrected chi connectivity index (χ1v) is 0.816. The fourth-order valence-corrected chi connectivity index (χ4v) is 0. The molecule has 4 nitrogen and oxygen atoms in total. The van der Waals surface area contributed by atoms with Gasteiger partial charge in [0.15, 0.2) is 0 Å². The molecule has 0 spiro atoms. The molecular weight excluding hydrogens is 156 g/mol. The van der Waals surface area contributed by atoms with Crippen molar-refractivity contribution in [3.63, 3.8) is 0 Å². The van der Waals surface area contributed by atoms with E-state index in [0.717, 1.165) is 0 Å². The van der Waals surface area contributed by atoms with E-state index < -0.39 is 6.16 Å². The third-order valence-electron chi connectivity index (χ3n) is 0. The van der Waals surface area contributed by atoms with E-state index in [9.17, 15) is 0 Å². The molecule has 0 fully saturated rings. The Hall–Kier alpha value is 2.36. The largest absolute Gasteiger partial charge is 2.00 e. The summed E-state index contributed by atoms with van der Waals surface area (Å²) in [6.45, 7) is 0. The van der Waals surface area contributed by atoms with Crippen molar-refractivity contribution in [1.82, 2.24) is 0 Å². The zero-order chi connectivity index (χ0) is 4.50. The van der Waals surface area contributed by atoms with Crippen molar-refractivity contribution < 1.29 is 20.4 Å². The molecule has 0 aromatic heterocycles. The Morgan fingerprint density at radius 1 is 0.714 bits per heavy atom. The minimum absolute atomic E-state index is 0. The van der Waals surface area contributed by atoms with Crippen LogP contribution in [0.15, 0.2) is 0 Å². The van der Waals surface area contributed by atoms with Gasteiger partial charge in [0.1, 0.15) is 0 Å². The van der Waals surface area contributed by atoms with Crippen molar-refractivity contribution in [3.05, 3.63) is 0 Å². The van der Waals surface area contributed by atoms with Gasteiger partial charge in [-0.05, 0) is 0 Å². The average Bonchev–Trinajstić information content (AvgIpc) is 0.722. The van der Waals surface area contributed by atoms with E-state index in [1.54, 1.807) is 0 Å². The molecule has 0 saturated heterocycles. The average molecular weight is 156 g/mol. The van der Waals surface area contributed by atoms with Gasteiger partial charge in [0.2, 0.25) is 0 Å². The van der Waals surface area contributed by atoms with Crippen LogP contribution in [0.1, 0.15) is 0 Å². The molecule has 0 atom stereocenters. The fraction of sp³-hybridized carbons (Fsp3) is 1.00. The van der Waals surface area contributed by atoms with Crippen molar-refractivity contribution in [2.24, 2.45) is 0 Å². The quantitative estimate of drug-likeness (QED) is 0.258. The zero-order valence-corrected chi connectivity index (χ0v) is 7.96. The molecule has 0 aliphatic rings. The molecule has 0 rings (SSSR count). The van der Waals surface area contributed by atoms with E-state index in [-0.39, 0.29) is 75.5 Å². The summed E-state index contributed by atoms with van der Waals surface area (Å²) in [5.41, 5.74) is 0. The summed E-state index contributed by atoms with van der Waals surface area (Å²) >= 11 is 0. The zero-order valence-electron chi connectivity index (χ0n) is 3.55. The van der Waals surface area contributed by atoms with Crippen molar-refractivity contribution in [3.8, 4) is 0 Å². The molecule has 0 radical (unpaired) electrons. The van der Waals surface area contributed by atoms with Crippen LogP contribution in [0.25, 0.3) is 0 Å². The molecule has 6 heteroatoms. The van der Waals surface area contributed by atoms with Gasteiger partial charge in [-0.1, -0.05) is 0 Å². The minimum atomic E-state index is -4.50. The van der Waals surface area contributed by atoms with E-state index in [1.165, 1.54) is 0 Å². The maximum absolute atomic E-state index is 8.44. The van der Waals surface area contributed by atoms with Crippen molar-refractivity contribution in [2.45, 2.75) is 6.16 Å². The Morgan fingerprint density at radius 3 is 0.714 bits per heavy atom. The van der Waals surface area contributed by atoms with Crippen LogP contribution in [-0.2, 0) is 0 Å². The van der Waals surface area contributed by atoms with Gasteiger partial charge in [0.25, 0.3) is 0 Å². The summed E-state index contributed by atoms with van der Waals surface area (Å²) < 4.78 is 0. The first-order valence-electron chi connectivity index (χ1n) is 0.816. The molecule has 0 heterocycles. The normalized spacial score (nSPS) is 8.57. The summed E-state index contributed by atoms with van der Waals surface area (Å²) in [6, 6.07) is 0. The van der Waals surface area contributed by atoms with Crippen LogP contribution in [0.3, 0.4) is 0 Å². The van der Waals surface area contributed by atoms with Gasteiger partial charge in [0.05, 0.1) is 0 Å². The third kappa shape index (κ3) is 60.7. The smallest absolute Gasteiger partial charge is 0.890 e. The SMILES string of the molecule is [Ca+2].[Ca+2].[O-]C([O-])([O-])[O-]. The van der Waals surface area contributed by atoms with E-state index in [1.807, 2.05) is 0 Å². The van der Waals surface area contributed by atoms with Crippen LogP contribution in [0.2, 0.25) is 0 Å². The first-order chi connectivity index (χ1) is 2.00. The third-order valence-corrected chi connectivity index (χ3v) is 0. The number of rotatable bonds is 0. The van der Waals surface area contributed by atoms with Crippen LogP contribution >= 0.6 is 0 Å². The molecule has 0 aromatic rings. The summed E-state index contributed by atoms with van der Waals surface area (Å²) in [5.74, 6) is 0. The summed E-state index contributed by atoms with van der Waals surface area (Å²) in [4.78, 5) is 0. The molecule has 32 valence electrons. The molecule has 0 aromatic carbocycles. The Labute approximate surface area is 100 Å². The van der Waals surface area contributed by atoms with E-state index in [0.29, 0.717) is 0 Å². The van der Waals surface area contributed by atoms with Crippen LogP contribution in [0, 0.1) is 0 Å². The second-order valence-corrected chi connectivity index (χ2v) is 0.500. The molecular formula is CCa2O4. The Balaban J connectivity index is -0.0000000800. The predicted molar refractivity (Wildman–Crippen MR) is 14.2 cm³/mol. The van der Waals surface area contributed by atoms with Crippen molar-refractivity contribution >= 4 is 75.5 Å². The monoisotopic (exact) mass is 156 g/mol. The number of hydrogen-bond acceptors (Lipinski definition) is 4. The predicted octanol–water partition coefficient (Wildman–Crippen LogP) is -5.72.